The summed E-state index contributed by atoms with van der Waals surface area (Å²) in [7, 11) is 0. The summed E-state index contributed by atoms with van der Waals surface area (Å²) < 4.78 is 13.2. The van der Waals surface area contributed by atoms with Crippen LogP contribution in [0.3, 0.4) is 0 Å². The standard InChI is InChI=1S/C21H18FN3O2S/c22-16-8-6-15(7-9-16)17-10-19(26)25-21(18(17)11-23)28-13-20(27)24-12-14-4-2-1-3-5-14/h1-9,17H,10,12-13H2,(H,24,27)(H,25,26)/t17-/m0/s1. The maximum Gasteiger partial charge on any atom is 0.230 e. The van der Waals surface area contributed by atoms with E-state index in [1.54, 1.807) is 12.1 Å². The second kappa shape index (κ2) is 9.20. The van der Waals surface area contributed by atoms with Crippen molar-refractivity contribution in [1.82, 2.24) is 10.6 Å². The normalized spacial score (nSPS) is 16.3. The average Bonchev–Trinajstić information content (AvgIpc) is 2.71. The first-order valence-corrected chi connectivity index (χ1v) is 9.68. The van der Waals surface area contributed by atoms with Crippen molar-refractivity contribution in [1.29, 1.82) is 5.26 Å². The zero-order valence-electron chi connectivity index (χ0n) is 14.9. The number of nitrogens with zero attached hydrogens (tertiary/aromatic N) is 1. The highest BCUT2D eigenvalue weighted by Crippen LogP contribution is 2.35. The van der Waals surface area contributed by atoms with Crippen molar-refractivity contribution >= 4 is 23.6 Å². The second-order valence-corrected chi connectivity index (χ2v) is 7.25. The monoisotopic (exact) mass is 395 g/mol. The highest BCUT2D eigenvalue weighted by Gasteiger charge is 2.29. The van der Waals surface area contributed by atoms with Gasteiger partial charge in [0.2, 0.25) is 11.8 Å². The van der Waals surface area contributed by atoms with Gasteiger partial charge in [0.25, 0.3) is 0 Å². The molecule has 0 bridgehead atoms. The predicted octanol–water partition coefficient (Wildman–Crippen LogP) is 3.21. The number of allylic oxidation sites excluding steroid dienone is 1. The molecule has 1 aliphatic heterocycles. The van der Waals surface area contributed by atoms with E-state index in [9.17, 15) is 19.2 Å². The lowest BCUT2D eigenvalue weighted by molar-refractivity contribution is -0.121. The van der Waals surface area contributed by atoms with Crippen molar-refractivity contribution < 1.29 is 14.0 Å². The topological polar surface area (TPSA) is 82.0 Å². The molecule has 0 aliphatic carbocycles. The molecule has 0 unspecified atom stereocenters. The number of benzene rings is 2. The fourth-order valence-corrected chi connectivity index (χ4v) is 3.80. The number of halogens is 1. The van der Waals surface area contributed by atoms with Crippen LogP contribution in [0.4, 0.5) is 4.39 Å². The third-order valence-corrected chi connectivity index (χ3v) is 5.33. The summed E-state index contributed by atoms with van der Waals surface area (Å²) in [6, 6.07) is 17.4. The number of carbonyl (C=O) groups is 2. The Bertz CT molecular complexity index is 936. The summed E-state index contributed by atoms with van der Waals surface area (Å²) in [5.41, 5.74) is 2.06. The third kappa shape index (κ3) is 4.99. The van der Waals surface area contributed by atoms with Gasteiger partial charge in [-0.3, -0.25) is 9.59 Å². The molecule has 5 nitrogen and oxygen atoms in total. The first-order chi connectivity index (χ1) is 13.6. The smallest absolute Gasteiger partial charge is 0.230 e. The second-order valence-electron chi connectivity index (χ2n) is 6.26. The van der Waals surface area contributed by atoms with Gasteiger partial charge in [0.15, 0.2) is 0 Å². The summed E-state index contributed by atoms with van der Waals surface area (Å²) in [5, 5.41) is 15.5. The Hall–Kier alpha value is -3.11. The Kier molecular flexibility index (Phi) is 6.45. The quantitative estimate of drug-likeness (QED) is 0.787. The van der Waals surface area contributed by atoms with Gasteiger partial charge in [-0.2, -0.15) is 5.26 Å². The van der Waals surface area contributed by atoms with Crippen LogP contribution in [0.2, 0.25) is 0 Å². The Morgan fingerprint density at radius 2 is 1.93 bits per heavy atom. The molecule has 0 spiro atoms. The Balaban J connectivity index is 1.68. The molecule has 1 aliphatic rings. The highest BCUT2D eigenvalue weighted by atomic mass is 32.2. The minimum Gasteiger partial charge on any atom is -0.351 e. The van der Waals surface area contributed by atoms with Crippen molar-refractivity contribution in [2.45, 2.75) is 18.9 Å². The van der Waals surface area contributed by atoms with E-state index >= 15 is 0 Å². The number of nitrogens with one attached hydrogen (secondary N) is 2. The molecule has 7 heteroatoms. The van der Waals surface area contributed by atoms with Crippen LogP contribution in [0.25, 0.3) is 0 Å². The predicted molar refractivity (Wildman–Crippen MR) is 105 cm³/mol. The molecule has 2 amide bonds. The summed E-state index contributed by atoms with van der Waals surface area (Å²) in [6.45, 7) is 0.412. The van der Waals surface area contributed by atoms with Crippen molar-refractivity contribution in [3.8, 4) is 6.07 Å². The molecule has 1 atom stereocenters. The molecule has 0 fully saturated rings. The minimum absolute atomic E-state index is 0.0732. The molecule has 0 radical (unpaired) electrons. The van der Waals surface area contributed by atoms with Gasteiger partial charge in [0.1, 0.15) is 5.82 Å². The van der Waals surface area contributed by atoms with E-state index in [2.05, 4.69) is 16.7 Å². The van der Waals surface area contributed by atoms with Gasteiger partial charge in [-0.25, -0.2) is 4.39 Å². The van der Waals surface area contributed by atoms with Gasteiger partial charge in [0, 0.05) is 18.9 Å². The molecule has 142 valence electrons. The van der Waals surface area contributed by atoms with Gasteiger partial charge in [-0.15, -0.1) is 0 Å². The molecule has 2 aromatic carbocycles. The number of thioether (sulfide) groups is 1. The van der Waals surface area contributed by atoms with Crippen LogP contribution in [-0.4, -0.2) is 17.6 Å². The molecule has 1 heterocycles. The zero-order valence-corrected chi connectivity index (χ0v) is 15.8. The summed E-state index contributed by atoms with van der Waals surface area (Å²) in [5.74, 6) is -1.19. The van der Waals surface area contributed by atoms with Crippen LogP contribution in [0.1, 0.15) is 23.5 Å². The lowest BCUT2D eigenvalue weighted by atomic mass is 9.87. The average molecular weight is 395 g/mol. The van der Waals surface area contributed by atoms with Gasteiger partial charge in [0.05, 0.1) is 22.4 Å². The van der Waals surface area contributed by atoms with Crippen molar-refractivity contribution in [2.75, 3.05) is 5.75 Å². The lowest BCUT2D eigenvalue weighted by Gasteiger charge is -2.25. The van der Waals surface area contributed by atoms with Crippen molar-refractivity contribution in [2.24, 2.45) is 0 Å². The van der Waals surface area contributed by atoms with Crippen LogP contribution in [0, 0.1) is 17.1 Å². The third-order valence-electron chi connectivity index (χ3n) is 4.31. The molecule has 28 heavy (non-hydrogen) atoms. The number of amides is 2. The molecule has 2 N–H and O–H groups in total. The minimum atomic E-state index is -0.450. The maximum atomic E-state index is 13.2. The fraction of sp³-hybridized carbons (Fsp3) is 0.190. The Labute approximate surface area is 166 Å². The Morgan fingerprint density at radius 3 is 2.61 bits per heavy atom. The van der Waals surface area contributed by atoms with Crippen LogP contribution >= 0.6 is 11.8 Å². The van der Waals surface area contributed by atoms with Gasteiger partial charge in [-0.1, -0.05) is 54.2 Å². The molecule has 0 saturated carbocycles. The largest absolute Gasteiger partial charge is 0.351 e. The van der Waals surface area contributed by atoms with Crippen LogP contribution in [0.5, 0.6) is 0 Å². The summed E-state index contributed by atoms with van der Waals surface area (Å²) >= 11 is 1.12. The van der Waals surface area contributed by atoms with Gasteiger partial charge < -0.3 is 10.6 Å². The first-order valence-electron chi connectivity index (χ1n) is 8.70. The van der Waals surface area contributed by atoms with E-state index in [0.29, 0.717) is 22.7 Å². The number of hydrogen-bond acceptors (Lipinski definition) is 4. The van der Waals surface area contributed by atoms with Crippen LogP contribution in [-0.2, 0) is 16.1 Å². The zero-order chi connectivity index (χ0) is 19.9. The number of nitriles is 1. The summed E-state index contributed by atoms with van der Waals surface area (Å²) in [4.78, 5) is 24.2. The lowest BCUT2D eigenvalue weighted by Crippen LogP contribution is -2.32. The first kappa shape index (κ1) is 19.6. The van der Waals surface area contributed by atoms with E-state index in [1.807, 2.05) is 30.3 Å². The summed E-state index contributed by atoms with van der Waals surface area (Å²) in [6.07, 6.45) is 0.110. The van der Waals surface area contributed by atoms with Crippen molar-refractivity contribution in [3.05, 3.63) is 82.1 Å². The van der Waals surface area contributed by atoms with E-state index in [-0.39, 0.29) is 29.8 Å². The van der Waals surface area contributed by atoms with E-state index in [4.69, 9.17) is 0 Å². The van der Waals surface area contributed by atoms with Crippen LogP contribution < -0.4 is 10.6 Å². The molecule has 3 rings (SSSR count). The Morgan fingerprint density at radius 1 is 1.21 bits per heavy atom. The maximum absolute atomic E-state index is 13.2. The van der Waals surface area contributed by atoms with E-state index < -0.39 is 5.92 Å². The van der Waals surface area contributed by atoms with Crippen molar-refractivity contribution in [3.63, 3.8) is 0 Å². The SMILES string of the molecule is N#CC1=C(SCC(=O)NCc2ccccc2)NC(=O)C[C@H]1c1ccc(F)cc1. The van der Waals surface area contributed by atoms with Gasteiger partial charge in [-0.05, 0) is 23.3 Å². The van der Waals surface area contributed by atoms with E-state index in [0.717, 1.165) is 17.3 Å². The van der Waals surface area contributed by atoms with E-state index in [1.165, 1.54) is 12.1 Å². The highest BCUT2D eigenvalue weighted by molar-refractivity contribution is 8.03. The van der Waals surface area contributed by atoms with Crippen LogP contribution in [0.15, 0.2) is 65.2 Å². The molecule has 2 aromatic rings. The fourth-order valence-electron chi connectivity index (χ4n) is 2.90. The molecule has 0 saturated heterocycles. The number of rotatable bonds is 6. The molecular weight excluding hydrogens is 377 g/mol. The van der Waals surface area contributed by atoms with Gasteiger partial charge >= 0.3 is 0 Å². The number of carbonyl (C=O) groups excluding carboxylic acids is 2. The molecule has 0 aromatic heterocycles. The number of hydrogen-bond donors (Lipinski definition) is 2. The molecular formula is C21H18FN3O2S.